The molecule has 0 aliphatic heterocycles. The van der Waals surface area contributed by atoms with Crippen LogP contribution < -0.4 is 5.32 Å². The first-order valence-electron chi connectivity index (χ1n) is 10.4. The van der Waals surface area contributed by atoms with Crippen LogP contribution in [0.5, 0.6) is 0 Å². The number of aromatic nitrogens is 2. The summed E-state index contributed by atoms with van der Waals surface area (Å²) in [5, 5.41) is 13.7. The van der Waals surface area contributed by atoms with E-state index in [4.69, 9.17) is 0 Å². The van der Waals surface area contributed by atoms with Crippen molar-refractivity contribution >= 4 is 39.7 Å². The molecule has 31 heavy (non-hydrogen) atoms. The number of alkyl halides is 2. The maximum Gasteiger partial charge on any atom is 0.332 e. The van der Waals surface area contributed by atoms with Crippen molar-refractivity contribution in [2.45, 2.75) is 57.8 Å². The Kier molecular flexibility index (Phi) is 4.97. The van der Waals surface area contributed by atoms with Gasteiger partial charge in [-0.3, -0.25) is 4.79 Å². The molecule has 0 unspecified atom stereocenters. The lowest BCUT2D eigenvalue weighted by Crippen LogP contribution is -2.35. The number of carbonyl (C=O) groups excluding carboxylic acids is 1. The van der Waals surface area contributed by atoms with Gasteiger partial charge in [0.1, 0.15) is 15.8 Å². The zero-order valence-electron chi connectivity index (χ0n) is 16.8. The van der Waals surface area contributed by atoms with Gasteiger partial charge in [0, 0.05) is 28.9 Å². The molecule has 2 bridgehead atoms. The number of carboxylic acids is 1. The van der Waals surface area contributed by atoms with E-state index in [-0.39, 0.29) is 36.7 Å². The maximum absolute atomic E-state index is 14.0. The van der Waals surface area contributed by atoms with E-state index < -0.39 is 17.8 Å². The Morgan fingerprint density at radius 3 is 2.45 bits per heavy atom. The van der Waals surface area contributed by atoms with Gasteiger partial charge in [-0.05, 0) is 68.0 Å². The van der Waals surface area contributed by atoms with Crippen LogP contribution in [0.15, 0.2) is 11.1 Å². The monoisotopic (exact) mass is 465 g/mol. The Hall–Kier alpha value is -2.20. The van der Waals surface area contributed by atoms with Gasteiger partial charge in [0.2, 0.25) is 0 Å². The van der Waals surface area contributed by atoms with Crippen LogP contribution in [0.3, 0.4) is 0 Å². The van der Waals surface area contributed by atoms with Crippen LogP contribution in [0.2, 0.25) is 0 Å². The molecule has 0 spiro atoms. The first kappa shape index (κ1) is 20.7. The summed E-state index contributed by atoms with van der Waals surface area (Å²) in [4.78, 5) is 30.2. The van der Waals surface area contributed by atoms with Crippen molar-refractivity contribution in [2.75, 3.05) is 5.32 Å². The average Bonchev–Trinajstić information content (AvgIpc) is 3.29. The molecule has 1 fully saturated rings. The second-order valence-electron chi connectivity index (χ2n) is 8.52. The summed E-state index contributed by atoms with van der Waals surface area (Å²) in [5.74, 6) is -3.82. The number of amides is 1. The first-order chi connectivity index (χ1) is 14.7. The first-order valence-corrected chi connectivity index (χ1v) is 11.9. The molecule has 6 nitrogen and oxygen atoms in total. The number of rotatable bonds is 4. The molecule has 4 aliphatic rings. The van der Waals surface area contributed by atoms with Crippen molar-refractivity contribution < 1.29 is 23.5 Å². The van der Waals surface area contributed by atoms with Crippen molar-refractivity contribution in [3.63, 3.8) is 0 Å². The highest BCUT2D eigenvalue weighted by molar-refractivity contribution is 7.18. The van der Waals surface area contributed by atoms with E-state index in [1.807, 2.05) is 0 Å². The van der Waals surface area contributed by atoms with E-state index in [9.17, 15) is 23.5 Å². The van der Waals surface area contributed by atoms with Crippen molar-refractivity contribution in [3.05, 3.63) is 27.4 Å². The van der Waals surface area contributed by atoms with E-state index in [2.05, 4.69) is 14.7 Å². The summed E-state index contributed by atoms with van der Waals surface area (Å²) in [6.45, 7) is 1.76. The summed E-state index contributed by atoms with van der Waals surface area (Å²) in [6.07, 6.45) is 2.80. The van der Waals surface area contributed by atoms with Crippen LogP contribution in [0.4, 0.5) is 13.8 Å². The molecular formula is C21H21F2N3O3S2. The number of fused-ring (bicyclic) bond motifs is 3. The van der Waals surface area contributed by atoms with Crippen LogP contribution in [0.1, 0.15) is 48.4 Å². The minimum absolute atomic E-state index is 0.0674. The highest BCUT2D eigenvalue weighted by Gasteiger charge is 2.42. The molecule has 2 heterocycles. The molecule has 2 N–H and O–H groups in total. The number of nitrogens with zero attached hydrogens (tertiary/aromatic N) is 2. The van der Waals surface area contributed by atoms with Crippen LogP contribution in [0, 0.1) is 18.8 Å². The summed E-state index contributed by atoms with van der Waals surface area (Å²) in [5.41, 5.74) is 2.03. The predicted octanol–water partition coefficient (Wildman–Crippen LogP) is 4.84. The second-order valence-corrected chi connectivity index (χ2v) is 10.4. The quantitative estimate of drug-likeness (QED) is 0.674. The van der Waals surface area contributed by atoms with Crippen molar-refractivity contribution in [1.29, 1.82) is 0 Å². The highest BCUT2D eigenvalue weighted by atomic mass is 32.1. The number of carboxylic acid groups (broad SMARTS) is 1. The Morgan fingerprint density at radius 1 is 1.16 bits per heavy atom. The van der Waals surface area contributed by atoms with E-state index >= 15 is 0 Å². The Balaban J connectivity index is 1.56. The fraction of sp³-hybridized carbons (Fsp3) is 0.524. The lowest BCUT2D eigenvalue weighted by atomic mass is 9.66. The molecule has 1 amide bonds. The average molecular weight is 466 g/mol. The van der Waals surface area contributed by atoms with Crippen LogP contribution in [-0.4, -0.2) is 32.3 Å². The molecule has 164 valence electrons. The lowest BCUT2D eigenvalue weighted by molar-refractivity contribution is -0.134. The number of hydrogen-bond acceptors (Lipinski definition) is 6. The van der Waals surface area contributed by atoms with Gasteiger partial charge < -0.3 is 10.4 Å². The van der Waals surface area contributed by atoms with Crippen molar-refractivity contribution in [2.24, 2.45) is 11.8 Å². The molecule has 4 aliphatic carbocycles. The number of aryl methyl sites for hydroxylation is 1. The molecule has 0 aromatic carbocycles. The van der Waals surface area contributed by atoms with Gasteiger partial charge in [-0.15, -0.1) is 11.3 Å². The highest BCUT2D eigenvalue weighted by Crippen LogP contribution is 2.49. The Bertz CT molecular complexity index is 1110. The van der Waals surface area contributed by atoms with Gasteiger partial charge in [0.15, 0.2) is 0 Å². The lowest BCUT2D eigenvalue weighted by Gasteiger charge is -2.37. The smallest absolute Gasteiger partial charge is 0.332 e. The summed E-state index contributed by atoms with van der Waals surface area (Å²) < 4.78 is 32.3. The fourth-order valence-corrected chi connectivity index (χ4v) is 7.28. The standard InChI is InChI=1S/C21H21F2N3O3S2/c1-9-24-19(31-26-9)16-12-6-7-21(22,23)8-13(12)30-18(16)25-17(27)14-10-2-4-11(5-3-10)15(14)20(28)29/h10-11H,2-8H2,1H3,(H,25,27)(H,28,29). The third kappa shape index (κ3) is 3.59. The Morgan fingerprint density at radius 2 is 1.84 bits per heavy atom. The number of hydrogen-bond donors (Lipinski definition) is 2. The molecule has 10 heteroatoms. The molecule has 0 radical (unpaired) electrons. The van der Waals surface area contributed by atoms with Crippen LogP contribution in [0.25, 0.3) is 10.6 Å². The molecule has 1 saturated carbocycles. The van der Waals surface area contributed by atoms with Gasteiger partial charge in [0.25, 0.3) is 11.8 Å². The number of thiophene rings is 1. The number of nitrogens with one attached hydrogen (secondary N) is 1. The van der Waals surface area contributed by atoms with E-state index in [1.54, 1.807) is 6.92 Å². The summed E-state index contributed by atoms with van der Waals surface area (Å²) >= 11 is 2.32. The van der Waals surface area contributed by atoms with Crippen molar-refractivity contribution in [1.82, 2.24) is 9.36 Å². The largest absolute Gasteiger partial charge is 0.478 e. The van der Waals surface area contributed by atoms with E-state index in [0.29, 0.717) is 31.8 Å². The molecule has 0 atom stereocenters. The molecule has 2 aromatic heterocycles. The zero-order chi connectivity index (χ0) is 21.9. The minimum Gasteiger partial charge on any atom is -0.478 e. The molecular weight excluding hydrogens is 444 g/mol. The number of aliphatic carboxylic acids is 1. The van der Waals surface area contributed by atoms with Crippen molar-refractivity contribution in [3.8, 4) is 10.6 Å². The number of anilines is 1. The molecule has 6 rings (SSSR count). The predicted molar refractivity (Wildman–Crippen MR) is 114 cm³/mol. The fourth-order valence-electron chi connectivity index (χ4n) is 5.14. The third-order valence-electron chi connectivity index (χ3n) is 6.53. The minimum atomic E-state index is -2.77. The molecule has 2 aromatic rings. The van der Waals surface area contributed by atoms with E-state index in [1.165, 1.54) is 11.5 Å². The topological polar surface area (TPSA) is 92.2 Å². The van der Waals surface area contributed by atoms with Gasteiger partial charge in [-0.25, -0.2) is 18.6 Å². The Labute approximate surface area is 185 Å². The zero-order valence-corrected chi connectivity index (χ0v) is 18.5. The summed E-state index contributed by atoms with van der Waals surface area (Å²) in [7, 11) is 0. The number of carbonyl (C=O) groups is 2. The van der Waals surface area contributed by atoms with Gasteiger partial charge in [-0.1, -0.05) is 0 Å². The normalized spacial score (nSPS) is 24.2. The van der Waals surface area contributed by atoms with Gasteiger partial charge in [0.05, 0.1) is 5.56 Å². The maximum atomic E-state index is 14.0. The van der Waals surface area contributed by atoms with E-state index in [0.717, 1.165) is 42.6 Å². The van der Waals surface area contributed by atoms with Crippen LogP contribution >= 0.6 is 22.9 Å². The van der Waals surface area contributed by atoms with Gasteiger partial charge in [-0.2, -0.15) is 4.37 Å². The van der Waals surface area contributed by atoms with Crippen LogP contribution in [-0.2, 0) is 22.4 Å². The second kappa shape index (κ2) is 7.44. The number of halogens is 2. The summed E-state index contributed by atoms with van der Waals surface area (Å²) in [6, 6.07) is 0. The molecule has 0 saturated heterocycles. The van der Waals surface area contributed by atoms with Gasteiger partial charge >= 0.3 is 5.97 Å². The SMILES string of the molecule is Cc1nsc(-c2c(NC(=O)C3=C(C(=O)O)C4CCC3CC4)sc3c2CCC(F)(F)C3)n1. The third-order valence-corrected chi connectivity index (χ3v) is 8.50.